The molecule has 0 saturated carbocycles. The number of hydrogen-bond acceptors (Lipinski definition) is 3. The Labute approximate surface area is 197 Å². The summed E-state index contributed by atoms with van der Waals surface area (Å²) in [6.45, 7) is 5.16. The summed E-state index contributed by atoms with van der Waals surface area (Å²) in [4.78, 5) is 4.49. The van der Waals surface area contributed by atoms with Crippen LogP contribution in [0.2, 0.25) is 0 Å². The monoisotopic (exact) mass is 447 g/mol. The van der Waals surface area contributed by atoms with Gasteiger partial charge < -0.3 is 9.84 Å². The van der Waals surface area contributed by atoms with E-state index in [2.05, 4.69) is 18.8 Å². The van der Waals surface area contributed by atoms with Gasteiger partial charge >= 0.3 is 0 Å². The Morgan fingerprint density at radius 3 is 2.42 bits per heavy atom. The molecule has 1 aromatic heterocycles. The van der Waals surface area contributed by atoms with Crippen LogP contribution in [0.15, 0.2) is 66.9 Å². The van der Waals surface area contributed by atoms with Crippen molar-refractivity contribution >= 4 is 6.08 Å². The van der Waals surface area contributed by atoms with Crippen molar-refractivity contribution in [1.29, 1.82) is 0 Å². The van der Waals surface area contributed by atoms with Gasteiger partial charge in [-0.05, 0) is 62.4 Å². The summed E-state index contributed by atoms with van der Waals surface area (Å²) < 4.78 is 20.5. The third kappa shape index (κ3) is 7.83. The molecule has 3 nitrogen and oxygen atoms in total. The molecule has 0 saturated heterocycles. The van der Waals surface area contributed by atoms with E-state index >= 15 is 0 Å². The zero-order valence-electron chi connectivity index (χ0n) is 19.6. The largest absolute Gasteiger partial charge is 0.508 e. The predicted octanol–water partition coefficient (Wildman–Crippen LogP) is 8.04. The standard InChI is InChI=1S/C29H34FNO2/c1-3-4-8-19-33-22(2)9-6-5-7-10-24-11-12-25(20-28(24)30)29-18-15-26(21-31-29)23-13-16-27(32)17-14-23/h7,10-18,20-22,32H,3-6,8-9,19H2,1-2H3. The molecule has 0 radical (unpaired) electrons. The molecule has 0 aliphatic heterocycles. The van der Waals surface area contributed by atoms with Crippen LogP contribution in [0.3, 0.4) is 0 Å². The molecule has 0 bridgehead atoms. The molecule has 1 heterocycles. The minimum Gasteiger partial charge on any atom is -0.508 e. The van der Waals surface area contributed by atoms with Gasteiger partial charge in [0.1, 0.15) is 11.6 Å². The fourth-order valence-corrected chi connectivity index (χ4v) is 3.66. The van der Waals surface area contributed by atoms with Crippen molar-refractivity contribution < 1.29 is 14.2 Å². The van der Waals surface area contributed by atoms with E-state index in [4.69, 9.17) is 4.74 Å². The first-order valence-electron chi connectivity index (χ1n) is 11.9. The highest BCUT2D eigenvalue weighted by molar-refractivity contribution is 5.68. The number of halogens is 1. The summed E-state index contributed by atoms with van der Waals surface area (Å²) in [5.41, 5.74) is 3.97. The molecule has 174 valence electrons. The van der Waals surface area contributed by atoms with Gasteiger partial charge in [0.05, 0.1) is 11.8 Å². The summed E-state index contributed by atoms with van der Waals surface area (Å²) in [6, 6.07) is 16.1. The van der Waals surface area contributed by atoms with Gasteiger partial charge in [-0.1, -0.05) is 62.2 Å². The number of pyridine rings is 1. The Balaban J connectivity index is 1.51. The number of rotatable bonds is 12. The first-order chi connectivity index (χ1) is 16.1. The molecule has 33 heavy (non-hydrogen) atoms. The minimum absolute atomic E-state index is 0.231. The SMILES string of the molecule is CCCCCOC(C)CCCC=Cc1ccc(-c2ccc(-c3ccc(O)cc3)cn2)cc1F. The normalized spacial score (nSPS) is 12.3. The van der Waals surface area contributed by atoms with E-state index in [1.54, 1.807) is 24.4 Å². The van der Waals surface area contributed by atoms with Crippen LogP contribution in [0.5, 0.6) is 5.75 Å². The number of nitrogens with zero attached hydrogens (tertiary/aromatic N) is 1. The molecule has 4 heteroatoms. The van der Waals surface area contributed by atoms with Crippen molar-refractivity contribution in [3.05, 3.63) is 78.3 Å². The second-order valence-corrected chi connectivity index (χ2v) is 8.44. The Bertz CT molecular complexity index is 1010. The molecule has 0 spiro atoms. The van der Waals surface area contributed by atoms with Gasteiger partial charge in [-0.25, -0.2) is 4.39 Å². The second kappa shape index (κ2) is 12.9. The van der Waals surface area contributed by atoms with E-state index < -0.39 is 0 Å². The second-order valence-electron chi connectivity index (χ2n) is 8.44. The van der Waals surface area contributed by atoms with Gasteiger partial charge in [0.2, 0.25) is 0 Å². The van der Waals surface area contributed by atoms with Crippen LogP contribution in [0.4, 0.5) is 4.39 Å². The molecule has 2 aromatic carbocycles. The van der Waals surface area contributed by atoms with E-state index in [-0.39, 0.29) is 17.7 Å². The lowest BCUT2D eigenvalue weighted by Crippen LogP contribution is -2.08. The van der Waals surface area contributed by atoms with E-state index in [1.807, 2.05) is 42.5 Å². The zero-order chi connectivity index (χ0) is 23.5. The molecular weight excluding hydrogens is 413 g/mol. The van der Waals surface area contributed by atoms with Crippen LogP contribution in [-0.2, 0) is 4.74 Å². The lowest BCUT2D eigenvalue weighted by molar-refractivity contribution is 0.0566. The van der Waals surface area contributed by atoms with Crippen LogP contribution in [0.25, 0.3) is 28.5 Å². The molecule has 0 fully saturated rings. The number of aromatic nitrogens is 1. The van der Waals surface area contributed by atoms with Crippen molar-refractivity contribution in [3.8, 4) is 28.1 Å². The van der Waals surface area contributed by atoms with E-state index in [9.17, 15) is 9.50 Å². The molecule has 3 aromatic rings. The highest BCUT2D eigenvalue weighted by Crippen LogP contribution is 2.25. The fraction of sp³-hybridized carbons (Fsp3) is 0.345. The molecule has 1 unspecified atom stereocenters. The number of ether oxygens (including phenoxy) is 1. The van der Waals surface area contributed by atoms with Gasteiger partial charge in [-0.2, -0.15) is 0 Å². The Morgan fingerprint density at radius 1 is 0.970 bits per heavy atom. The van der Waals surface area contributed by atoms with E-state index in [0.29, 0.717) is 5.56 Å². The van der Waals surface area contributed by atoms with Crippen molar-refractivity contribution in [3.63, 3.8) is 0 Å². The van der Waals surface area contributed by atoms with Crippen LogP contribution in [-0.4, -0.2) is 22.8 Å². The molecule has 1 N–H and O–H groups in total. The maximum absolute atomic E-state index is 14.6. The Kier molecular flexibility index (Phi) is 9.64. The topological polar surface area (TPSA) is 42.4 Å². The van der Waals surface area contributed by atoms with E-state index in [0.717, 1.165) is 54.7 Å². The first kappa shape index (κ1) is 24.7. The summed E-state index contributed by atoms with van der Waals surface area (Å²) in [7, 11) is 0. The first-order valence-corrected chi connectivity index (χ1v) is 11.9. The van der Waals surface area contributed by atoms with Gasteiger partial charge in [0.25, 0.3) is 0 Å². The van der Waals surface area contributed by atoms with E-state index in [1.165, 1.54) is 18.9 Å². The average Bonchev–Trinajstić information content (AvgIpc) is 2.83. The van der Waals surface area contributed by atoms with Gasteiger partial charge in [-0.3, -0.25) is 4.98 Å². The van der Waals surface area contributed by atoms with Crippen LogP contribution in [0.1, 0.15) is 57.9 Å². The molecule has 0 aliphatic carbocycles. The van der Waals surface area contributed by atoms with Crippen LogP contribution >= 0.6 is 0 Å². The number of benzene rings is 2. The van der Waals surface area contributed by atoms with Crippen LogP contribution in [0, 0.1) is 5.82 Å². The number of allylic oxidation sites excluding steroid dienone is 1. The average molecular weight is 448 g/mol. The molecular formula is C29H34FNO2. The molecule has 0 aliphatic rings. The predicted molar refractivity (Wildman–Crippen MR) is 135 cm³/mol. The lowest BCUT2D eigenvalue weighted by Gasteiger charge is -2.12. The number of phenols is 1. The lowest BCUT2D eigenvalue weighted by atomic mass is 10.0. The quantitative estimate of drug-likeness (QED) is 0.286. The Hall–Kier alpha value is -2.98. The number of aromatic hydroxyl groups is 1. The molecule has 3 rings (SSSR count). The van der Waals surface area contributed by atoms with Crippen molar-refractivity contribution in [2.24, 2.45) is 0 Å². The summed E-state index contributed by atoms with van der Waals surface area (Å²) >= 11 is 0. The minimum atomic E-state index is -0.249. The van der Waals surface area contributed by atoms with Crippen molar-refractivity contribution in [2.75, 3.05) is 6.61 Å². The highest BCUT2D eigenvalue weighted by Gasteiger charge is 2.06. The van der Waals surface area contributed by atoms with Crippen molar-refractivity contribution in [2.45, 2.75) is 58.5 Å². The van der Waals surface area contributed by atoms with Crippen molar-refractivity contribution in [1.82, 2.24) is 4.98 Å². The van der Waals surface area contributed by atoms with Gasteiger partial charge in [0, 0.05) is 29.5 Å². The number of hydrogen-bond donors (Lipinski definition) is 1. The van der Waals surface area contributed by atoms with Gasteiger partial charge in [-0.15, -0.1) is 0 Å². The number of phenolic OH excluding ortho intramolecular Hbond substituents is 1. The zero-order valence-corrected chi connectivity index (χ0v) is 19.6. The molecule has 1 atom stereocenters. The maximum atomic E-state index is 14.6. The van der Waals surface area contributed by atoms with Crippen LogP contribution < -0.4 is 0 Å². The third-order valence-electron chi connectivity index (χ3n) is 5.69. The summed E-state index contributed by atoms with van der Waals surface area (Å²) in [5, 5.41) is 9.43. The third-order valence-corrected chi connectivity index (χ3v) is 5.69. The van der Waals surface area contributed by atoms with Gasteiger partial charge in [0.15, 0.2) is 0 Å². The Morgan fingerprint density at radius 2 is 1.73 bits per heavy atom. The fourth-order valence-electron chi connectivity index (χ4n) is 3.66. The summed E-state index contributed by atoms with van der Waals surface area (Å²) in [6.07, 6.45) is 12.5. The molecule has 0 amide bonds. The maximum Gasteiger partial charge on any atom is 0.131 e. The number of unbranched alkanes of at least 4 members (excludes halogenated alkanes) is 3. The highest BCUT2D eigenvalue weighted by atomic mass is 19.1. The summed E-state index contributed by atoms with van der Waals surface area (Å²) in [5.74, 6) is -0.0184. The smallest absolute Gasteiger partial charge is 0.131 e.